The SMILES string of the molecule is CCc1ccc2c(c1)[C@H](NC(C)=O)C(=O)N2CC. The van der Waals surface area contributed by atoms with Gasteiger partial charge in [0, 0.05) is 24.7 Å². The number of hydrogen-bond donors (Lipinski definition) is 1. The number of benzene rings is 1. The van der Waals surface area contributed by atoms with Gasteiger partial charge in [0.05, 0.1) is 0 Å². The van der Waals surface area contributed by atoms with Gasteiger partial charge in [0.1, 0.15) is 6.04 Å². The number of carbonyl (C=O) groups is 2. The number of amides is 2. The largest absolute Gasteiger partial charge is 0.341 e. The predicted molar refractivity (Wildman–Crippen MR) is 70.4 cm³/mol. The zero-order chi connectivity index (χ0) is 13.3. The van der Waals surface area contributed by atoms with Crippen LogP contribution in [0, 0.1) is 0 Å². The van der Waals surface area contributed by atoms with Gasteiger partial charge in [0.25, 0.3) is 5.91 Å². The Labute approximate surface area is 107 Å². The molecule has 0 saturated heterocycles. The van der Waals surface area contributed by atoms with Crippen LogP contribution in [0.5, 0.6) is 0 Å². The minimum Gasteiger partial charge on any atom is -0.341 e. The van der Waals surface area contributed by atoms with Gasteiger partial charge in [0.15, 0.2) is 0 Å². The lowest BCUT2D eigenvalue weighted by atomic mass is 10.0. The summed E-state index contributed by atoms with van der Waals surface area (Å²) in [5.41, 5.74) is 3.00. The van der Waals surface area contributed by atoms with Crippen molar-refractivity contribution in [1.29, 1.82) is 0 Å². The fourth-order valence-corrected chi connectivity index (χ4v) is 2.38. The molecule has 1 aliphatic rings. The molecule has 0 aliphatic carbocycles. The number of nitrogens with one attached hydrogen (secondary N) is 1. The number of likely N-dealkylation sites (N-methyl/N-ethyl adjacent to an activating group) is 1. The Balaban J connectivity index is 2.46. The van der Waals surface area contributed by atoms with Crippen molar-refractivity contribution < 1.29 is 9.59 Å². The van der Waals surface area contributed by atoms with Gasteiger partial charge in [-0.15, -0.1) is 0 Å². The quantitative estimate of drug-likeness (QED) is 0.884. The number of anilines is 1. The second-order valence-electron chi connectivity index (χ2n) is 4.46. The summed E-state index contributed by atoms with van der Waals surface area (Å²) in [6.07, 6.45) is 0.917. The second-order valence-corrected chi connectivity index (χ2v) is 4.46. The first kappa shape index (κ1) is 12.6. The van der Waals surface area contributed by atoms with Gasteiger partial charge < -0.3 is 10.2 Å². The van der Waals surface area contributed by atoms with Gasteiger partial charge in [0.2, 0.25) is 5.91 Å². The zero-order valence-corrected chi connectivity index (χ0v) is 11.0. The highest BCUT2D eigenvalue weighted by atomic mass is 16.2. The van der Waals surface area contributed by atoms with E-state index < -0.39 is 6.04 Å². The molecule has 1 N–H and O–H groups in total. The first-order chi connectivity index (χ1) is 8.58. The number of hydrogen-bond acceptors (Lipinski definition) is 2. The lowest BCUT2D eigenvalue weighted by Gasteiger charge is -2.15. The predicted octanol–water partition coefficient (Wildman–Crippen LogP) is 1.79. The lowest BCUT2D eigenvalue weighted by molar-refractivity contribution is -0.126. The summed E-state index contributed by atoms with van der Waals surface area (Å²) in [5, 5.41) is 2.73. The summed E-state index contributed by atoms with van der Waals surface area (Å²) < 4.78 is 0. The Morgan fingerprint density at radius 1 is 1.39 bits per heavy atom. The number of fused-ring (bicyclic) bond motifs is 1. The Morgan fingerprint density at radius 3 is 2.67 bits per heavy atom. The highest BCUT2D eigenvalue weighted by Crippen LogP contribution is 2.36. The van der Waals surface area contributed by atoms with Gasteiger partial charge in [-0.3, -0.25) is 9.59 Å². The zero-order valence-electron chi connectivity index (χ0n) is 11.0. The Hall–Kier alpha value is -1.84. The van der Waals surface area contributed by atoms with Crippen molar-refractivity contribution in [1.82, 2.24) is 5.32 Å². The standard InChI is InChI=1S/C14H18N2O2/c1-4-10-6-7-12-11(8-10)13(15-9(3)17)14(18)16(12)5-2/h6-8,13H,4-5H2,1-3H3,(H,15,17)/t13-/m0/s1. The molecule has 1 aliphatic heterocycles. The molecule has 1 atom stereocenters. The molecule has 4 heteroatoms. The van der Waals surface area contributed by atoms with E-state index in [1.165, 1.54) is 12.5 Å². The Kier molecular flexibility index (Phi) is 3.36. The average Bonchev–Trinajstić information content (AvgIpc) is 2.61. The van der Waals surface area contributed by atoms with Crippen molar-refractivity contribution in [3.63, 3.8) is 0 Å². The maximum atomic E-state index is 12.2. The van der Waals surface area contributed by atoms with Crippen LogP contribution in [0.4, 0.5) is 5.69 Å². The van der Waals surface area contributed by atoms with E-state index in [0.717, 1.165) is 17.7 Å². The number of nitrogens with zero attached hydrogens (tertiary/aromatic N) is 1. The van der Waals surface area contributed by atoms with Crippen LogP contribution < -0.4 is 10.2 Å². The summed E-state index contributed by atoms with van der Waals surface area (Å²) in [7, 11) is 0. The third-order valence-electron chi connectivity index (χ3n) is 3.28. The molecular weight excluding hydrogens is 228 g/mol. The minimum atomic E-state index is -0.524. The third kappa shape index (κ3) is 1.98. The molecule has 1 aromatic carbocycles. The van der Waals surface area contributed by atoms with E-state index in [1.807, 2.05) is 25.1 Å². The minimum absolute atomic E-state index is 0.0454. The van der Waals surface area contributed by atoms with Crippen LogP contribution in [0.15, 0.2) is 18.2 Å². The molecule has 4 nitrogen and oxygen atoms in total. The fraction of sp³-hybridized carbons (Fsp3) is 0.429. The summed E-state index contributed by atoms with van der Waals surface area (Å²) in [4.78, 5) is 25.2. The molecular formula is C14H18N2O2. The van der Waals surface area contributed by atoms with E-state index in [2.05, 4.69) is 12.2 Å². The highest BCUT2D eigenvalue weighted by molar-refractivity contribution is 6.06. The van der Waals surface area contributed by atoms with Crippen LogP contribution in [0.3, 0.4) is 0 Å². The maximum Gasteiger partial charge on any atom is 0.254 e. The molecule has 96 valence electrons. The monoisotopic (exact) mass is 246 g/mol. The van der Waals surface area contributed by atoms with Crippen molar-refractivity contribution in [2.75, 3.05) is 11.4 Å². The normalized spacial score (nSPS) is 17.8. The average molecular weight is 246 g/mol. The van der Waals surface area contributed by atoms with Gasteiger partial charge in [-0.1, -0.05) is 19.1 Å². The van der Waals surface area contributed by atoms with E-state index in [1.54, 1.807) is 4.90 Å². The van der Waals surface area contributed by atoms with Crippen molar-refractivity contribution in [3.05, 3.63) is 29.3 Å². The highest BCUT2D eigenvalue weighted by Gasteiger charge is 2.36. The lowest BCUT2D eigenvalue weighted by Crippen LogP contribution is -2.36. The van der Waals surface area contributed by atoms with Gasteiger partial charge in [-0.25, -0.2) is 0 Å². The molecule has 1 heterocycles. The maximum absolute atomic E-state index is 12.2. The molecule has 0 radical (unpaired) electrons. The Bertz CT molecular complexity index is 497. The molecule has 0 saturated carbocycles. The first-order valence-corrected chi connectivity index (χ1v) is 6.29. The van der Waals surface area contributed by atoms with Gasteiger partial charge in [-0.2, -0.15) is 0 Å². The van der Waals surface area contributed by atoms with E-state index in [4.69, 9.17) is 0 Å². The summed E-state index contributed by atoms with van der Waals surface area (Å²) in [6.45, 7) is 6.06. The van der Waals surface area contributed by atoms with Crippen LogP contribution in [-0.4, -0.2) is 18.4 Å². The Morgan fingerprint density at radius 2 is 2.11 bits per heavy atom. The summed E-state index contributed by atoms with van der Waals surface area (Å²) >= 11 is 0. The smallest absolute Gasteiger partial charge is 0.254 e. The van der Waals surface area contributed by atoms with Crippen LogP contribution in [0.2, 0.25) is 0 Å². The second kappa shape index (κ2) is 4.80. The first-order valence-electron chi connectivity index (χ1n) is 6.29. The van der Waals surface area contributed by atoms with Crippen LogP contribution in [0.1, 0.15) is 37.9 Å². The molecule has 1 aromatic rings. The van der Waals surface area contributed by atoms with Gasteiger partial charge >= 0.3 is 0 Å². The van der Waals surface area contributed by atoms with Crippen LogP contribution in [-0.2, 0) is 16.0 Å². The molecule has 0 spiro atoms. The molecule has 2 rings (SSSR count). The topological polar surface area (TPSA) is 49.4 Å². The molecule has 0 aromatic heterocycles. The summed E-state index contributed by atoms with van der Waals surface area (Å²) in [6, 6.07) is 5.50. The van der Waals surface area contributed by atoms with E-state index >= 15 is 0 Å². The number of aryl methyl sites for hydroxylation is 1. The van der Waals surface area contributed by atoms with Gasteiger partial charge in [-0.05, 0) is 25.0 Å². The van der Waals surface area contributed by atoms with E-state index in [0.29, 0.717) is 6.54 Å². The van der Waals surface area contributed by atoms with Crippen molar-refractivity contribution in [2.45, 2.75) is 33.2 Å². The van der Waals surface area contributed by atoms with Crippen molar-refractivity contribution >= 4 is 17.5 Å². The molecule has 0 unspecified atom stereocenters. The third-order valence-corrected chi connectivity index (χ3v) is 3.28. The van der Waals surface area contributed by atoms with Crippen molar-refractivity contribution in [3.8, 4) is 0 Å². The van der Waals surface area contributed by atoms with Crippen molar-refractivity contribution in [2.24, 2.45) is 0 Å². The number of rotatable bonds is 3. The summed E-state index contributed by atoms with van der Waals surface area (Å²) in [5.74, 6) is -0.227. The van der Waals surface area contributed by atoms with Crippen LogP contribution >= 0.6 is 0 Å². The fourth-order valence-electron chi connectivity index (χ4n) is 2.38. The van der Waals surface area contributed by atoms with E-state index in [9.17, 15) is 9.59 Å². The molecule has 2 amide bonds. The molecule has 0 bridgehead atoms. The molecule has 18 heavy (non-hydrogen) atoms. The van der Waals surface area contributed by atoms with Crippen LogP contribution in [0.25, 0.3) is 0 Å². The number of carbonyl (C=O) groups excluding carboxylic acids is 2. The van der Waals surface area contributed by atoms with E-state index in [-0.39, 0.29) is 11.8 Å². The molecule has 0 fully saturated rings.